The molecule has 7 nitrogen and oxygen atoms in total. The van der Waals surface area contributed by atoms with Crippen LogP contribution in [0.25, 0.3) is 6.08 Å². The van der Waals surface area contributed by atoms with Crippen LogP contribution in [-0.2, 0) is 4.79 Å². The summed E-state index contributed by atoms with van der Waals surface area (Å²) in [5.41, 5.74) is 5.13. The predicted octanol–water partition coefficient (Wildman–Crippen LogP) is 1.20. The molecule has 0 radical (unpaired) electrons. The quantitative estimate of drug-likeness (QED) is 0.624. The number of nitrogens with one attached hydrogen (secondary N) is 1. The molecule has 0 aliphatic rings. The minimum Gasteiger partial charge on any atom is -0.493 e. The van der Waals surface area contributed by atoms with Gasteiger partial charge in [-0.05, 0) is 30.7 Å². The number of rotatable bonds is 5. The molecule has 3 N–H and O–H groups in total. The van der Waals surface area contributed by atoms with Crippen LogP contribution in [0.4, 0.5) is 4.79 Å². The highest BCUT2D eigenvalue weighted by Gasteiger charge is 2.12. The normalized spacial score (nSPS) is 10.4. The number of carbonyl (C=O) groups is 2. The first kappa shape index (κ1) is 16.0. The fraction of sp³-hybridized carbons (Fsp3) is 0.214. The van der Waals surface area contributed by atoms with E-state index in [-0.39, 0.29) is 5.57 Å². The van der Waals surface area contributed by atoms with Gasteiger partial charge in [-0.2, -0.15) is 5.26 Å². The van der Waals surface area contributed by atoms with E-state index in [4.69, 9.17) is 20.5 Å². The van der Waals surface area contributed by atoms with Crippen molar-refractivity contribution < 1.29 is 19.1 Å². The first-order valence-corrected chi connectivity index (χ1v) is 6.05. The summed E-state index contributed by atoms with van der Waals surface area (Å²) in [7, 11) is 1.48. The highest BCUT2D eigenvalue weighted by molar-refractivity contribution is 6.08. The van der Waals surface area contributed by atoms with Crippen molar-refractivity contribution in [3.8, 4) is 17.6 Å². The topological polar surface area (TPSA) is 114 Å². The maximum Gasteiger partial charge on any atom is 0.319 e. The van der Waals surface area contributed by atoms with Crippen molar-refractivity contribution in [3.05, 3.63) is 29.3 Å². The minimum atomic E-state index is -1.02. The molecule has 0 saturated heterocycles. The number of nitriles is 1. The summed E-state index contributed by atoms with van der Waals surface area (Å²) in [5, 5.41) is 10.8. The zero-order chi connectivity index (χ0) is 15.8. The van der Waals surface area contributed by atoms with Crippen LogP contribution in [-0.4, -0.2) is 25.7 Å². The van der Waals surface area contributed by atoms with Crippen molar-refractivity contribution >= 4 is 18.0 Å². The molecule has 0 aliphatic heterocycles. The van der Waals surface area contributed by atoms with Crippen molar-refractivity contribution in [1.29, 1.82) is 5.26 Å². The third-order valence-corrected chi connectivity index (χ3v) is 2.40. The molecule has 0 saturated carbocycles. The molecule has 0 heterocycles. The molecule has 1 aromatic carbocycles. The fourth-order valence-electron chi connectivity index (χ4n) is 1.54. The van der Waals surface area contributed by atoms with Gasteiger partial charge in [-0.15, -0.1) is 0 Å². The second-order valence-electron chi connectivity index (χ2n) is 3.83. The van der Waals surface area contributed by atoms with E-state index in [1.54, 1.807) is 24.3 Å². The van der Waals surface area contributed by atoms with Gasteiger partial charge in [0.1, 0.15) is 11.6 Å². The summed E-state index contributed by atoms with van der Waals surface area (Å²) in [6, 6.07) is 5.61. The number of methoxy groups -OCH3 is 1. The van der Waals surface area contributed by atoms with Gasteiger partial charge >= 0.3 is 6.03 Å². The Morgan fingerprint density at radius 3 is 2.67 bits per heavy atom. The first-order chi connectivity index (χ1) is 10.0. The van der Waals surface area contributed by atoms with E-state index in [9.17, 15) is 9.59 Å². The summed E-state index contributed by atoms with van der Waals surface area (Å²) in [5.74, 6) is 0.160. The summed E-state index contributed by atoms with van der Waals surface area (Å²) in [4.78, 5) is 22.2. The van der Waals surface area contributed by atoms with Crippen LogP contribution in [0.2, 0.25) is 0 Å². The lowest BCUT2D eigenvalue weighted by Crippen LogP contribution is -2.35. The number of ether oxygens (including phenoxy) is 2. The number of imide groups is 1. The van der Waals surface area contributed by atoms with Crippen LogP contribution < -0.4 is 20.5 Å². The second-order valence-corrected chi connectivity index (χ2v) is 3.83. The molecule has 7 heteroatoms. The van der Waals surface area contributed by atoms with Crippen molar-refractivity contribution in [2.24, 2.45) is 5.73 Å². The number of nitrogens with two attached hydrogens (primary N) is 1. The Morgan fingerprint density at radius 2 is 2.14 bits per heavy atom. The molecular weight excluding hydrogens is 274 g/mol. The van der Waals surface area contributed by atoms with E-state index in [0.29, 0.717) is 23.7 Å². The Hall–Kier alpha value is -3.01. The summed E-state index contributed by atoms with van der Waals surface area (Å²) in [6.45, 7) is 2.32. The van der Waals surface area contributed by atoms with Gasteiger partial charge in [0.25, 0.3) is 5.91 Å². The highest BCUT2D eigenvalue weighted by Crippen LogP contribution is 2.28. The van der Waals surface area contributed by atoms with Gasteiger partial charge < -0.3 is 15.2 Å². The highest BCUT2D eigenvalue weighted by atomic mass is 16.5. The second kappa shape index (κ2) is 7.55. The van der Waals surface area contributed by atoms with Gasteiger partial charge in [-0.25, -0.2) is 4.79 Å². The van der Waals surface area contributed by atoms with Crippen LogP contribution in [0.5, 0.6) is 11.5 Å². The summed E-state index contributed by atoms with van der Waals surface area (Å²) < 4.78 is 10.5. The molecule has 1 aromatic rings. The Bertz CT molecular complexity index is 617. The average molecular weight is 289 g/mol. The molecule has 0 spiro atoms. The van der Waals surface area contributed by atoms with E-state index in [0.717, 1.165) is 0 Å². The van der Waals surface area contributed by atoms with Crippen LogP contribution in [0.15, 0.2) is 23.8 Å². The fourth-order valence-corrected chi connectivity index (χ4v) is 1.54. The van der Waals surface area contributed by atoms with Crippen molar-refractivity contribution in [2.45, 2.75) is 6.92 Å². The molecule has 0 aromatic heterocycles. The zero-order valence-electron chi connectivity index (χ0n) is 11.7. The van der Waals surface area contributed by atoms with Gasteiger partial charge in [0.05, 0.1) is 13.7 Å². The van der Waals surface area contributed by atoms with Gasteiger partial charge in [0, 0.05) is 0 Å². The predicted molar refractivity (Wildman–Crippen MR) is 75.5 cm³/mol. The third kappa shape index (κ3) is 4.54. The van der Waals surface area contributed by atoms with Crippen molar-refractivity contribution in [1.82, 2.24) is 5.32 Å². The largest absolute Gasteiger partial charge is 0.493 e. The molecular formula is C14H15N3O4. The molecule has 0 fully saturated rings. The lowest BCUT2D eigenvalue weighted by molar-refractivity contribution is -0.115. The van der Waals surface area contributed by atoms with E-state index < -0.39 is 11.9 Å². The van der Waals surface area contributed by atoms with Crippen molar-refractivity contribution in [3.63, 3.8) is 0 Å². The number of nitrogens with zero attached hydrogens (tertiary/aromatic N) is 1. The standard InChI is InChI=1S/C14H15N3O4/c1-3-21-11-5-4-9(7-12(11)20-2)6-10(8-15)13(18)17-14(16)19/h4-7H,3H2,1-2H3,(H3,16,17,18,19)/b10-6-. The lowest BCUT2D eigenvalue weighted by atomic mass is 10.1. The average Bonchev–Trinajstić information content (AvgIpc) is 2.45. The summed E-state index contributed by atoms with van der Waals surface area (Å²) in [6.07, 6.45) is 1.32. The SMILES string of the molecule is CCOc1ccc(/C=C(/C#N)C(=O)NC(N)=O)cc1OC. The smallest absolute Gasteiger partial charge is 0.319 e. The molecule has 1 rings (SSSR count). The lowest BCUT2D eigenvalue weighted by Gasteiger charge is -2.09. The van der Waals surface area contributed by atoms with Crippen LogP contribution >= 0.6 is 0 Å². The number of hydrogen-bond donors (Lipinski definition) is 2. The van der Waals surface area contributed by atoms with Gasteiger partial charge in [0.2, 0.25) is 0 Å². The number of primary amides is 1. The minimum absolute atomic E-state index is 0.250. The van der Waals surface area contributed by atoms with Gasteiger partial charge in [-0.3, -0.25) is 10.1 Å². The Morgan fingerprint density at radius 1 is 1.43 bits per heavy atom. The van der Waals surface area contributed by atoms with Crippen LogP contribution in [0.3, 0.4) is 0 Å². The molecule has 0 aliphatic carbocycles. The van der Waals surface area contributed by atoms with E-state index in [1.807, 2.05) is 12.2 Å². The third-order valence-electron chi connectivity index (χ3n) is 2.40. The molecule has 21 heavy (non-hydrogen) atoms. The number of hydrogen-bond acceptors (Lipinski definition) is 5. The molecule has 110 valence electrons. The maximum atomic E-state index is 11.6. The molecule has 0 unspecified atom stereocenters. The monoisotopic (exact) mass is 289 g/mol. The maximum absolute atomic E-state index is 11.6. The Balaban J connectivity index is 3.09. The first-order valence-electron chi connectivity index (χ1n) is 6.05. The van der Waals surface area contributed by atoms with Crippen LogP contribution in [0.1, 0.15) is 12.5 Å². The number of benzene rings is 1. The van der Waals surface area contributed by atoms with Gasteiger partial charge in [-0.1, -0.05) is 6.07 Å². The summed E-state index contributed by atoms with van der Waals surface area (Å²) >= 11 is 0. The number of amides is 3. The Labute approximate surface area is 121 Å². The van der Waals surface area contributed by atoms with Crippen molar-refractivity contribution in [2.75, 3.05) is 13.7 Å². The molecule has 0 bridgehead atoms. The van der Waals surface area contributed by atoms with Gasteiger partial charge in [0.15, 0.2) is 11.5 Å². The number of urea groups is 1. The van der Waals surface area contributed by atoms with E-state index in [1.165, 1.54) is 13.2 Å². The Kier molecular flexibility index (Phi) is 5.77. The van der Waals surface area contributed by atoms with E-state index >= 15 is 0 Å². The van der Waals surface area contributed by atoms with Crippen LogP contribution in [0, 0.1) is 11.3 Å². The zero-order valence-corrected chi connectivity index (χ0v) is 11.7. The number of carbonyl (C=O) groups excluding carboxylic acids is 2. The molecule has 3 amide bonds. The molecule has 0 atom stereocenters. The van der Waals surface area contributed by atoms with E-state index in [2.05, 4.69) is 0 Å².